The zero-order valence-corrected chi connectivity index (χ0v) is 13.6. The first-order valence-corrected chi connectivity index (χ1v) is 7.93. The van der Waals surface area contributed by atoms with Gasteiger partial charge >= 0.3 is 0 Å². The molecule has 0 saturated carbocycles. The molecule has 0 N–H and O–H groups in total. The molecule has 1 atom stereocenters. The number of nitrogens with zero attached hydrogens (tertiary/aromatic N) is 5. The predicted octanol–water partition coefficient (Wildman–Crippen LogP) is 1.64. The van der Waals surface area contributed by atoms with Crippen LogP contribution < -0.4 is 0 Å². The lowest BCUT2D eigenvalue weighted by molar-refractivity contribution is 0.0546. The van der Waals surface area contributed by atoms with Gasteiger partial charge in [0.15, 0.2) is 0 Å². The van der Waals surface area contributed by atoms with E-state index in [0.717, 1.165) is 5.69 Å². The minimum absolute atomic E-state index is 0.165. The predicted molar refractivity (Wildman–Crippen MR) is 88.9 cm³/mol. The Balaban J connectivity index is 1.67. The molecule has 0 bridgehead atoms. The SMILES string of the molecule is Cc1cnc(C(=O)N2CCN(Cc3ccccc3)[C@H](C#N)C2)cn1. The Hall–Kier alpha value is -2.78. The number of piperazine rings is 1. The van der Waals surface area contributed by atoms with E-state index < -0.39 is 0 Å². The van der Waals surface area contributed by atoms with Gasteiger partial charge in [-0.25, -0.2) is 4.98 Å². The number of nitriles is 1. The van der Waals surface area contributed by atoms with Crippen molar-refractivity contribution >= 4 is 5.91 Å². The molecule has 3 rings (SSSR count). The summed E-state index contributed by atoms with van der Waals surface area (Å²) in [7, 11) is 0. The third-order valence-corrected chi connectivity index (χ3v) is 4.16. The van der Waals surface area contributed by atoms with Gasteiger partial charge in [-0.05, 0) is 12.5 Å². The maximum Gasteiger partial charge on any atom is 0.274 e. The molecule has 2 aromatic rings. The molecule has 6 nitrogen and oxygen atoms in total. The molecule has 0 spiro atoms. The molecule has 1 aliphatic rings. The van der Waals surface area contributed by atoms with Crippen LogP contribution >= 0.6 is 0 Å². The number of carbonyl (C=O) groups excluding carboxylic acids is 1. The minimum Gasteiger partial charge on any atom is -0.333 e. The number of hydrogen-bond donors (Lipinski definition) is 0. The van der Waals surface area contributed by atoms with Crippen LogP contribution in [0, 0.1) is 18.3 Å². The van der Waals surface area contributed by atoms with Crippen molar-refractivity contribution in [1.29, 1.82) is 5.26 Å². The highest BCUT2D eigenvalue weighted by molar-refractivity contribution is 5.92. The third kappa shape index (κ3) is 3.58. The summed E-state index contributed by atoms with van der Waals surface area (Å²) in [6.45, 7) is 4.18. The third-order valence-electron chi connectivity index (χ3n) is 4.16. The van der Waals surface area contributed by atoms with Crippen LogP contribution in [0.3, 0.4) is 0 Å². The Bertz CT molecular complexity index is 738. The van der Waals surface area contributed by atoms with Crippen molar-refractivity contribution < 1.29 is 4.79 Å². The van der Waals surface area contributed by atoms with Crippen LogP contribution in [0.25, 0.3) is 0 Å². The van der Waals surface area contributed by atoms with Crippen LogP contribution in [0.15, 0.2) is 42.7 Å². The number of benzene rings is 1. The molecule has 1 amide bonds. The Kier molecular flexibility index (Phi) is 4.82. The number of hydrogen-bond acceptors (Lipinski definition) is 5. The van der Waals surface area contributed by atoms with Gasteiger partial charge in [-0.15, -0.1) is 0 Å². The highest BCUT2D eigenvalue weighted by Crippen LogP contribution is 2.15. The fourth-order valence-electron chi connectivity index (χ4n) is 2.80. The van der Waals surface area contributed by atoms with Crippen LogP contribution in [-0.2, 0) is 6.54 Å². The van der Waals surface area contributed by atoms with Crippen LogP contribution in [0.4, 0.5) is 0 Å². The summed E-state index contributed by atoms with van der Waals surface area (Å²) in [5, 5.41) is 9.49. The van der Waals surface area contributed by atoms with Gasteiger partial charge in [0.25, 0.3) is 5.91 Å². The van der Waals surface area contributed by atoms with E-state index in [1.807, 2.05) is 37.3 Å². The van der Waals surface area contributed by atoms with Crippen molar-refractivity contribution in [3.05, 3.63) is 59.7 Å². The van der Waals surface area contributed by atoms with Gasteiger partial charge in [0.1, 0.15) is 11.7 Å². The van der Waals surface area contributed by atoms with E-state index in [9.17, 15) is 10.1 Å². The van der Waals surface area contributed by atoms with Crippen molar-refractivity contribution in [3.8, 4) is 6.07 Å². The van der Waals surface area contributed by atoms with Crippen molar-refractivity contribution in [2.24, 2.45) is 0 Å². The van der Waals surface area contributed by atoms with Gasteiger partial charge in [-0.2, -0.15) is 5.26 Å². The maximum atomic E-state index is 12.5. The number of amides is 1. The molecule has 122 valence electrons. The fourth-order valence-corrected chi connectivity index (χ4v) is 2.80. The number of aromatic nitrogens is 2. The van der Waals surface area contributed by atoms with Gasteiger partial charge in [0.05, 0.1) is 24.5 Å². The molecular weight excluding hydrogens is 302 g/mol. The van der Waals surface area contributed by atoms with Gasteiger partial charge in [-0.1, -0.05) is 30.3 Å². The van der Waals surface area contributed by atoms with Crippen LogP contribution in [0.5, 0.6) is 0 Å². The molecule has 1 fully saturated rings. The first-order chi connectivity index (χ1) is 11.7. The Labute approximate surface area is 141 Å². The summed E-state index contributed by atoms with van der Waals surface area (Å²) in [4.78, 5) is 24.6. The lowest BCUT2D eigenvalue weighted by Crippen LogP contribution is -2.53. The second-order valence-electron chi connectivity index (χ2n) is 5.90. The number of aryl methyl sites for hydroxylation is 1. The summed E-state index contributed by atoms with van der Waals surface area (Å²) in [6.07, 6.45) is 3.08. The Morgan fingerprint density at radius 3 is 2.71 bits per heavy atom. The first-order valence-electron chi connectivity index (χ1n) is 7.93. The molecule has 6 heteroatoms. The number of rotatable bonds is 3. The zero-order chi connectivity index (χ0) is 16.9. The summed E-state index contributed by atoms with van der Waals surface area (Å²) >= 11 is 0. The molecule has 0 radical (unpaired) electrons. The normalized spacial score (nSPS) is 18.2. The highest BCUT2D eigenvalue weighted by atomic mass is 16.2. The molecule has 2 heterocycles. The Morgan fingerprint density at radius 2 is 2.04 bits per heavy atom. The summed E-state index contributed by atoms with van der Waals surface area (Å²) in [5.41, 5.74) is 2.27. The van der Waals surface area contributed by atoms with Crippen molar-refractivity contribution in [2.75, 3.05) is 19.6 Å². The molecule has 0 unspecified atom stereocenters. The Morgan fingerprint density at radius 1 is 1.25 bits per heavy atom. The molecule has 1 aromatic carbocycles. The lowest BCUT2D eigenvalue weighted by atomic mass is 10.1. The maximum absolute atomic E-state index is 12.5. The molecule has 1 aromatic heterocycles. The van der Waals surface area contributed by atoms with E-state index >= 15 is 0 Å². The second kappa shape index (κ2) is 7.20. The smallest absolute Gasteiger partial charge is 0.274 e. The van der Waals surface area contributed by atoms with E-state index in [2.05, 4.69) is 20.9 Å². The second-order valence-corrected chi connectivity index (χ2v) is 5.90. The average Bonchev–Trinajstić information content (AvgIpc) is 2.63. The molecular formula is C18H19N5O. The summed E-state index contributed by atoms with van der Waals surface area (Å²) < 4.78 is 0. The largest absolute Gasteiger partial charge is 0.333 e. The van der Waals surface area contributed by atoms with Crippen LogP contribution in [0.2, 0.25) is 0 Å². The fraction of sp³-hybridized carbons (Fsp3) is 0.333. The van der Waals surface area contributed by atoms with Gasteiger partial charge in [-0.3, -0.25) is 14.7 Å². The summed E-state index contributed by atoms with van der Waals surface area (Å²) in [5.74, 6) is -0.165. The summed E-state index contributed by atoms with van der Waals surface area (Å²) in [6, 6.07) is 12.1. The molecule has 1 aliphatic heterocycles. The molecule has 1 saturated heterocycles. The average molecular weight is 321 g/mol. The van der Waals surface area contributed by atoms with Crippen molar-refractivity contribution in [2.45, 2.75) is 19.5 Å². The quantitative estimate of drug-likeness (QED) is 0.859. The van der Waals surface area contributed by atoms with Crippen LogP contribution in [-0.4, -0.2) is 51.4 Å². The van der Waals surface area contributed by atoms with E-state index in [1.54, 1.807) is 11.1 Å². The van der Waals surface area contributed by atoms with Gasteiger partial charge in [0.2, 0.25) is 0 Å². The van der Waals surface area contributed by atoms with Gasteiger partial charge < -0.3 is 4.90 Å². The van der Waals surface area contributed by atoms with Crippen molar-refractivity contribution in [1.82, 2.24) is 19.8 Å². The van der Waals surface area contributed by atoms with E-state index in [-0.39, 0.29) is 11.9 Å². The van der Waals surface area contributed by atoms with Gasteiger partial charge in [0, 0.05) is 25.8 Å². The molecule has 0 aliphatic carbocycles. The standard InChI is InChI=1S/C18H19N5O/c1-14-10-21-17(11-20-14)18(24)23-8-7-22(16(9-19)13-23)12-15-5-3-2-4-6-15/h2-6,10-11,16H,7-8,12-13H2,1H3/t16-/m1/s1. The topological polar surface area (TPSA) is 73.1 Å². The zero-order valence-electron chi connectivity index (χ0n) is 13.6. The van der Waals surface area contributed by atoms with E-state index in [1.165, 1.54) is 11.8 Å². The van der Waals surface area contributed by atoms with Crippen molar-refractivity contribution in [3.63, 3.8) is 0 Å². The molecule has 24 heavy (non-hydrogen) atoms. The monoisotopic (exact) mass is 321 g/mol. The number of carbonyl (C=O) groups is 1. The van der Waals surface area contributed by atoms with E-state index in [0.29, 0.717) is 31.9 Å². The first kappa shape index (κ1) is 16.1. The highest BCUT2D eigenvalue weighted by Gasteiger charge is 2.30. The minimum atomic E-state index is -0.318. The van der Waals surface area contributed by atoms with E-state index in [4.69, 9.17) is 0 Å². The lowest BCUT2D eigenvalue weighted by Gasteiger charge is -2.38. The van der Waals surface area contributed by atoms with Crippen LogP contribution in [0.1, 0.15) is 21.7 Å².